The Morgan fingerprint density at radius 1 is 1.19 bits per heavy atom. The molecule has 0 saturated heterocycles. The van der Waals surface area contributed by atoms with E-state index in [1.807, 2.05) is 0 Å². The molecule has 26 heavy (non-hydrogen) atoms. The van der Waals surface area contributed by atoms with Crippen LogP contribution < -0.4 is 9.62 Å². The zero-order valence-corrected chi connectivity index (χ0v) is 15.1. The normalized spacial score (nSPS) is 15.5. The highest BCUT2D eigenvalue weighted by molar-refractivity contribution is 7.89. The van der Waals surface area contributed by atoms with Gasteiger partial charge in [-0.3, -0.25) is 10.1 Å². The maximum absolute atomic E-state index is 13.1. The number of benzene rings is 2. The van der Waals surface area contributed by atoms with Crippen LogP contribution in [0.15, 0.2) is 47.4 Å². The van der Waals surface area contributed by atoms with E-state index in [1.54, 1.807) is 14.0 Å². The average molecular weight is 379 g/mol. The van der Waals surface area contributed by atoms with E-state index in [1.165, 1.54) is 41.3 Å². The van der Waals surface area contributed by atoms with Gasteiger partial charge < -0.3 is 4.90 Å². The zero-order chi connectivity index (χ0) is 19.1. The topological polar surface area (TPSA) is 92.6 Å². The summed E-state index contributed by atoms with van der Waals surface area (Å²) in [6.07, 6.45) is 1.47. The van der Waals surface area contributed by atoms with E-state index in [0.717, 1.165) is 18.9 Å². The molecule has 7 nitrogen and oxygen atoms in total. The van der Waals surface area contributed by atoms with Gasteiger partial charge in [0.15, 0.2) is 0 Å². The van der Waals surface area contributed by atoms with E-state index in [2.05, 4.69) is 4.72 Å². The Hall–Kier alpha value is -2.52. The van der Waals surface area contributed by atoms with Crippen LogP contribution in [0.25, 0.3) is 0 Å². The lowest BCUT2D eigenvalue weighted by Gasteiger charge is -2.20. The molecule has 1 N–H and O–H groups in total. The quantitative estimate of drug-likeness (QED) is 0.614. The number of hydrogen-bond acceptors (Lipinski definition) is 5. The number of sulfonamides is 1. The first-order valence-corrected chi connectivity index (χ1v) is 9.41. The number of nitrogens with zero attached hydrogens (tertiary/aromatic N) is 2. The highest BCUT2D eigenvalue weighted by Crippen LogP contribution is 2.38. The minimum Gasteiger partial charge on any atom is -0.339 e. The van der Waals surface area contributed by atoms with Gasteiger partial charge in [-0.15, -0.1) is 0 Å². The molecule has 0 amide bonds. The van der Waals surface area contributed by atoms with Crippen LogP contribution in [0.2, 0.25) is 0 Å². The lowest BCUT2D eigenvalue weighted by Crippen LogP contribution is -2.34. The van der Waals surface area contributed by atoms with Gasteiger partial charge in [-0.05, 0) is 56.2 Å². The van der Waals surface area contributed by atoms with Crippen LogP contribution in [0.1, 0.15) is 19.8 Å². The van der Waals surface area contributed by atoms with Crippen LogP contribution >= 0.6 is 0 Å². The van der Waals surface area contributed by atoms with Crippen LogP contribution in [0.5, 0.6) is 0 Å². The van der Waals surface area contributed by atoms with Crippen molar-refractivity contribution in [1.29, 1.82) is 0 Å². The molecule has 1 fully saturated rings. The molecule has 0 spiro atoms. The molecule has 0 aliphatic heterocycles. The van der Waals surface area contributed by atoms with Crippen molar-refractivity contribution in [2.45, 2.75) is 30.2 Å². The van der Waals surface area contributed by atoms with E-state index in [4.69, 9.17) is 0 Å². The van der Waals surface area contributed by atoms with E-state index in [9.17, 15) is 22.9 Å². The van der Waals surface area contributed by atoms with Gasteiger partial charge >= 0.3 is 0 Å². The molecule has 1 saturated carbocycles. The van der Waals surface area contributed by atoms with Gasteiger partial charge in [0.2, 0.25) is 10.0 Å². The second-order valence-corrected chi connectivity index (χ2v) is 8.29. The van der Waals surface area contributed by atoms with Crippen LogP contribution in [0.4, 0.5) is 21.5 Å². The predicted molar refractivity (Wildman–Crippen MR) is 95.5 cm³/mol. The summed E-state index contributed by atoms with van der Waals surface area (Å²) < 4.78 is 40.6. The smallest absolute Gasteiger partial charge is 0.294 e. The predicted octanol–water partition coefficient (Wildman–Crippen LogP) is 3.33. The van der Waals surface area contributed by atoms with E-state index in [0.29, 0.717) is 5.69 Å². The largest absolute Gasteiger partial charge is 0.339 e. The van der Waals surface area contributed by atoms with Crippen molar-refractivity contribution in [3.8, 4) is 0 Å². The molecule has 0 aromatic heterocycles. The number of halogens is 1. The Morgan fingerprint density at radius 3 is 2.35 bits per heavy atom. The summed E-state index contributed by atoms with van der Waals surface area (Å²) in [5.41, 5.74) is -0.0791. The molecule has 9 heteroatoms. The second kappa shape index (κ2) is 6.33. The first-order chi connectivity index (χ1) is 12.1. The molecule has 1 aliphatic carbocycles. The second-order valence-electron chi connectivity index (χ2n) is 6.61. The molecule has 0 bridgehead atoms. The van der Waals surface area contributed by atoms with Crippen molar-refractivity contribution in [1.82, 2.24) is 4.72 Å². The van der Waals surface area contributed by atoms with Crippen molar-refractivity contribution >= 4 is 27.1 Å². The number of hydrogen-bond donors (Lipinski definition) is 1. The summed E-state index contributed by atoms with van der Waals surface area (Å²) >= 11 is 0. The van der Waals surface area contributed by atoms with Crippen LogP contribution in [-0.2, 0) is 10.0 Å². The van der Waals surface area contributed by atoms with Crippen molar-refractivity contribution < 1.29 is 17.7 Å². The summed E-state index contributed by atoms with van der Waals surface area (Å²) in [6, 6.07) is 9.22. The Morgan fingerprint density at radius 2 is 1.81 bits per heavy atom. The molecule has 3 rings (SSSR count). The molecule has 0 atom stereocenters. The summed E-state index contributed by atoms with van der Waals surface area (Å²) in [6.45, 7) is 1.79. The Balaban J connectivity index is 1.99. The lowest BCUT2D eigenvalue weighted by molar-refractivity contribution is -0.384. The zero-order valence-electron chi connectivity index (χ0n) is 14.3. The molecule has 2 aromatic rings. The third-order valence-electron chi connectivity index (χ3n) is 4.41. The number of rotatable bonds is 6. The van der Waals surface area contributed by atoms with Gasteiger partial charge in [-0.1, -0.05) is 0 Å². The molecule has 138 valence electrons. The fourth-order valence-corrected chi connectivity index (χ4v) is 4.06. The molecular weight excluding hydrogens is 361 g/mol. The highest BCUT2D eigenvalue weighted by Gasteiger charge is 2.41. The summed E-state index contributed by atoms with van der Waals surface area (Å²) in [5, 5.41) is 11.5. The summed E-state index contributed by atoms with van der Waals surface area (Å²) in [5.74, 6) is -0.419. The SMILES string of the molecule is CN(c1ccc(F)cc1)c1ccc(S(=O)(=O)NC2(C)CC2)cc1[N+](=O)[O-]. The average Bonchev–Trinajstić information content (AvgIpc) is 3.30. The standard InChI is InChI=1S/C17H18FN3O4S/c1-17(9-10-17)19-26(24,25)14-7-8-15(16(11-14)21(22)23)20(2)13-5-3-12(18)4-6-13/h3-8,11,19H,9-10H2,1-2H3. The minimum atomic E-state index is -3.85. The van der Waals surface area contributed by atoms with Gasteiger partial charge in [0.05, 0.1) is 9.82 Å². The third-order valence-corrected chi connectivity index (χ3v) is 6.05. The Labute approximate surface area is 150 Å². The van der Waals surface area contributed by atoms with Crippen molar-refractivity contribution in [2.24, 2.45) is 0 Å². The lowest BCUT2D eigenvalue weighted by atomic mass is 10.2. The monoisotopic (exact) mass is 379 g/mol. The first-order valence-electron chi connectivity index (χ1n) is 7.93. The van der Waals surface area contributed by atoms with Crippen LogP contribution in [-0.4, -0.2) is 25.9 Å². The van der Waals surface area contributed by atoms with Gasteiger partial charge in [-0.25, -0.2) is 17.5 Å². The first kappa shape index (κ1) is 18.3. The van der Waals surface area contributed by atoms with E-state index in [-0.39, 0.29) is 16.3 Å². The fourth-order valence-electron chi connectivity index (χ4n) is 2.58. The molecule has 2 aromatic carbocycles. The van der Waals surface area contributed by atoms with Crippen molar-refractivity contribution in [3.63, 3.8) is 0 Å². The molecule has 0 radical (unpaired) electrons. The molecule has 1 aliphatic rings. The van der Waals surface area contributed by atoms with E-state index < -0.39 is 26.3 Å². The van der Waals surface area contributed by atoms with Crippen LogP contribution in [0.3, 0.4) is 0 Å². The van der Waals surface area contributed by atoms with Crippen molar-refractivity contribution in [2.75, 3.05) is 11.9 Å². The minimum absolute atomic E-state index is 0.159. The number of nitrogens with one attached hydrogen (secondary N) is 1. The molecule has 0 unspecified atom stereocenters. The Kier molecular flexibility index (Phi) is 4.45. The van der Waals surface area contributed by atoms with Crippen molar-refractivity contribution in [3.05, 3.63) is 58.4 Å². The Bertz CT molecular complexity index is 956. The number of nitro groups is 1. The molecule has 0 heterocycles. The van der Waals surface area contributed by atoms with Crippen LogP contribution in [0, 0.1) is 15.9 Å². The van der Waals surface area contributed by atoms with Gasteiger partial charge in [0.25, 0.3) is 5.69 Å². The summed E-state index contributed by atoms with van der Waals surface area (Å²) in [7, 11) is -2.26. The maximum Gasteiger partial charge on any atom is 0.294 e. The number of anilines is 2. The van der Waals surface area contributed by atoms with Gasteiger partial charge in [-0.2, -0.15) is 0 Å². The highest BCUT2D eigenvalue weighted by atomic mass is 32.2. The van der Waals surface area contributed by atoms with Gasteiger partial charge in [0, 0.05) is 24.3 Å². The van der Waals surface area contributed by atoms with Gasteiger partial charge in [0.1, 0.15) is 11.5 Å². The summed E-state index contributed by atoms with van der Waals surface area (Å²) in [4.78, 5) is 12.2. The third kappa shape index (κ3) is 3.68. The maximum atomic E-state index is 13.1. The molecular formula is C17H18FN3O4S. The van der Waals surface area contributed by atoms with E-state index >= 15 is 0 Å². The fraction of sp³-hybridized carbons (Fsp3) is 0.294. The number of nitro benzene ring substituents is 1.